The minimum Gasteiger partial charge on any atom is -0.481 e. The molecular weight excluding hydrogens is 242 g/mol. The van der Waals surface area contributed by atoms with Gasteiger partial charge in [0.25, 0.3) is 0 Å². The highest BCUT2D eigenvalue weighted by atomic mass is 16.4. The van der Waals surface area contributed by atoms with Gasteiger partial charge in [-0.2, -0.15) is 0 Å². The van der Waals surface area contributed by atoms with Crippen LogP contribution in [0.5, 0.6) is 0 Å². The van der Waals surface area contributed by atoms with E-state index in [0.717, 1.165) is 24.9 Å². The van der Waals surface area contributed by atoms with Crippen LogP contribution in [0.2, 0.25) is 0 Å². The normalized spacial score (nSPS) is 23.8. The molecule has 2 rings (SSSR count). The number of likely N-dealkylation sites (tertiary alicyclic amines) is 1. The Morgan fingerprint density at radius 3 is 2.74 bits per heavy atom. The van der Waals surface area contributed by atoms with E-state index >= 15 is 0 Å². The van der Waals surface area contributed by atoms with E-state index in [2.05, 4.69) is 4.90 Å². The van der Waals surface area contributed by atoms with Crippen molar-refractivity contribution in [1.82, 2.24) is 4.90 Å². The number of hydrogen-bond donors (Lipinski definition) is 2. The second-order valence-electron chi connectivity index (χ2n) is 5.55. The molecule has 0 amide bonds. The van der Waals surface area contributed by atoms with Gasteiger partial charge in [0.1, 0.15) is 0 Å². The van der Waals surface area contributed by atoms with Crippen molar-refractivity contribution in [1.29, 1.82) is 0 Å². The number of aliphatic carboxylic acids is 1. The third-order valence-corrected chi connectivity index (χ3v) is 3.78. The summed E-state index contributed by atoms with van der Waals surface area (Å²) in [5, 5.41) is 19.7. The molecule has 0 spiro atoms. The van der Waals surface area contributed by atoms with Gasteiger partial charge in [-0.1, -0.05) is 30.3 Å². The van der Waals surface area contributed by atoms with Crippen LogP contribution in [0, 0.1) is 5.92 Å². The maximum absolute atomic E-state index is 11.0. The molecule has 1 saturated heterocycles. The first-order chi connectivity index (χ1) is 8.99. The average Bonchev–Trinajstić information content (AvgIpc) is 2.39. The number of benzene rings is 1. The molecule has 19 heavy (non-hydrogen) atoms. The Hall–Kier alpha value is -1.39. The monoisotopic (exact) mass is 263 g/mol. The van der Waals surface area contributed by atoms with Gasteiger partial charge in [0.2, 0.25) is 0 Å². The van der Waals surface area contributed by atoms with Gasteiger partial charge >= 0.3 is 5.97 Å². The van der Waals surface area contributed by atoms with Crippen LogP contribution in [0.25, 0.3) is 0 Å². The number of carbonyl (C=O) groups is 1. The number of aliphatic hydroxyl groups is 1. The molecule has 1 aromatic carbocycles. The first-order valence-electron chi connectivity index (χ1n) is 6.72. The molecule has 0 radical (unpaired) electrons. The van der Waals surface area contributed by atoms with Crippen molar-refractivity contribution in [3.8, 4) is 0 Å². The molecule has 0 bridgehead atoms. The zero-order valence-electron chi connectivity index (χ0n) is 11.2. The summed E-state index contributed by atoms with van der Waals surface area (Å²) in [6, 6.07) is 9.53. The van der Waals surface area contributed by atoms with Gasteiger partial charge in [0.05, 0.1) is 11.5 Å². The van der Waals surface area contributed by atoms with Crippen molar-refractivity contribution in [3.05, 3.63) is 35.9 Å². The van der Waals surface area contributed by atoms with Crippen LogP contribution in [0.3, 0.4) is 0 Å². The van der Waals surface area contributed by atoms with Crippen LogP contribution in [-0.4, -0.2) is 40.7 Å². The third kappa shape index (κ3) is 3.55. The molecule has 2 unspecified atom stereocenters. The van der Waals surface area contributed by atoms with E-state index in [9.17, 15) is 9.90 Å². The highest BCUT2D eigenvalue weighted by Gasteiger charge is 2.31. The molecule has 4 heteroatoms. The van der Waals surface area contributed by atoms with Crippen molar-refractivity contribution in [2.45, 2.75) is 25.4 Å². The van der Waals surface area contributed by atoms with Crippen LogP contribution in [0.4, 0.5) is 0 Å². The van der Waals surface area contributed by atoms with Crippen LogP contribution in [0.1, 0.15) is 25.3 Å². The van der Waals surface area contributed by atoms with Crippen LogP contribution >= 0.6 is 0 Å². The van der Waals surface area contributed by atoms with Gasteiger partial charge in [-0.3, -0.25) is 9.69 Å². The maximum atomic E-state index is 11.0. The Morgan fingerprint density at radius 2 is 2.11 bits per heavy atom. The molecule has 2 atom stereocenters. The predicted octanol–water partition coefficient (Wildman–Crippen LogP) is 1.69. The largest absolute Gasteiger partial charge is 0.481 e. The molecule has 4 nitrogen and oxygen atoms in total. The summed E-state index contributed by atoms with van der Waals surface area (Å²) >= 11 is 0. The van der Waals surface area contributed by atoms with Crippen molar-refractivity contribution in [2.75, 3.05) is 19.6 Å². The molecule has 1 aliphatic heterocycles. The van der Waals surface area contributed by atoms with E-state index in [4.69, 9.17) is 5.11 Å². The molecule has 1 aromatic rings. The number of carboxylic acids is 1. The zero-order chi connectivity index (χ0) is 13.9. The number of nitrogens with zero attached hydrogens (tertiary/aromatic N) is 1. The third-order valence-electron chi connectivity index (χ3n) is 3.78. The standard InChI is InChI=1S/C15H21NO3/c1-15(19,13-7-3-2-4-8-13)11-16-9-5-6-12(10-16)14(17)18/h2-4,7-8,12,19H,5-6,9-11H2,1H3,(H,17,18). The van der Waals surface area contributed by atoms with Crippen molar-refractivity contribution < 1.29 is 15.0 Å². The Bertz CT molecular complexity index is 430. The molecule has 2 N–H and O–H groups in total. The summed E-state index contributed by atoms with van der Waals surface area (Å²) in [6.45, 7) is 3.64. The number of rotatable bonds is 4. The number of β-amino-alcohol motifs (C(OH)–C–C–N with tert-alkyl or cyclic N) is 1. The molecule has 0 aliphatic carbocycles. The lowest BCUT2D eigenvalue weighted by atomic mass is 9.92. The summed E-state index contributed by atoms with van der Waals surface area (Å²) in [7, 11) is 0. The summed E-state index contributed by atoms with van der Waals surface area (Å²) in [4.78, 5) is 13.1. The second kappa shape index (κ2) is 5.72. The van der Waals surface area contributed by atoms with Gasteiger partial charge in [-0.05, 0) is 31.9 Å². The number of carboxylic acid groups (broad SMARTS) is 1. The van der Waals surface area contributed by atoms with E-state index < -0.39 is 11.6 Å². The molecule has 1 fully saturated rings. The fourth-order valence-electron chi connectivity index (χ4n) is 2.72. The fraction of sp³-hybridized carbons (Fsp3) is 0.533. The van der Waals surface area contributed by atoms with E-state index in [1.165, 1.54) is 0 Å². The Balaban J connectivity index is 2.02. The Labute approximate surface area is 113 Å². The van der Waals surface area contributed by atoms with Crippen LogP contribution in [-0.2, 0) is 10.4 Å². The molecular formula is C15H21NO3. The molecule has 1 heterocycles. The topological polar surface area (TPSA) is 60.8 Å². The summed E-state index contributed by atoms with van der Waals surface area (Å²) < 4.78 is 0. The summed E-state index contributed by atoms with van der Waals surface area (Å²) in [6.07, 6.45) is 1.61. The maximum Gasteiger partial charge on any atom is 0.307 e. The minimum absolute atomic E-state index is 0.305. The Morgan fingerprint density at radius 1 is 1.42 bits per heavy atom. The van der Waals surface area contributed by atoms with E-state index in [0.29, 0.717) is 13.1 Å². The van der Waals surface area contributed by atoms with Crippen molar-refractivity contribution in [2.24, 2.45) is 5.92 Å². The molecule has 104 valence electrons. The number of hydrogen-bond acceptors (Lipinski definition) is 3. The van der Waals surface area contributed by atoms with Crippen molar-refractivity contribution in [3.63, 3.8) is 0 Å². The predicted molar refractivity (Wildman–Crippen MR) is 72.8 cm³/mol. The minimum atomic E-state index is -0.943. The van der Waals surface area contributed by atoms with E-state index in [1.54, 1.807) is 6.92 Å². The molecule has 0 aromatic heterocycles. The van der Waals surface area contributed by atoms with Crippen LogP contribution in [0.15, 0.2) is 30.3 Å². The van der Waals surface area contributed by atoms with Gasteiger partial charge in [-0.25, -0.2) is 0 Å². The molecule has 1 aliphatic rings. The molecule has 0 saturated carbocycles. The Kier molecular flexibility index (Phi) is 4.22. The first kappa shape index (κ1) is 14.0. The summed E-state index contributed by atoms with van der Waals surface area (Å²) in [5.74, 6) is -1.04. The van der Waals surface area contributed by atoms with E-state index in [1.807, 2.05) is 30.3 Å². The highest BCUT2D eigenvalue weighted by molar-refractivity contribution is 5.70. The quantitative estimate of drug-likeness (QED) is 0.868. The number of piperidine rings is 1. The fourth-order valence-corrected chi connectivity index (χ4v) is 2.72. The SMILES string of the molecule is CC(O)(CN1CCCC(C(=O)O)C1)c1ccccc1. The van der Waals surface area contributed by atoms with Gasteiger partial charge in [0.15, 0.2) is 0 Å². The average molecular weight is 263 g/mol. The van der Waals surface area contributed by atoms with Gasteiger partial charge < -0.3 is 10.2 Å². The van der Waals surface area contributed by atoms with Crippen molar-refractivity contribution >= 4 is 5.97 Å². The van der Waals surface area contributed by atoms with Gasteiger partial charge in [0, 0.05) is 13.1 Å². The van der Waals surface area contributed by atoms with Crippen LogP contribution < -0.4 is 0 Å². The lowest BCUT2D eigenvalue weighted by molar-refractivity contribution is -0.144. The zero-order valence-corrected chi connectivity index (χ0v) is 11.2. The second-order valence-corrected chi connectivity index (χ2v) is 5.55. The lowest BCUT2D eigenvalue weighted by Crippen LogP contribution is -2.45. The smallest absolute Gasteiger partial charge is 0.307 e. The lowest BCUT2D eigenvalue weighted by Gasteiger charge is -2.36. The summed E-state index contributed by atoms with van der Waals surface area (Å²) in [5.41, 5.74) is -0.0748. The highest BCUT2D eigenvalue weighted by Crippen LogP contribution is 2.25. The van der Waals surface area contributed by atoms with E-state index in [-0.39, 0.29) is 5.92 Å². The van der Waals surface area contributed by atoms with Gasteiger partial charge in [-0.15, -0.1) is 0 Å². The first-order valence-corrected chi connectivity index (χ1v) is 6.72.